The molecule has 1 fully saturated rings. The van der Waals surface area contributed by atoms with E-state index < -0.39 is 5.97 Å². The van der Waals surface area contributed by atoms with Crippen LogP contribution in [0.5, 0.6) is 0 Å². The summed E-state index contributed by atoms with van der Waals surface area (Å²) in [5.41, 5.74) is 5.64. The average molecular weight is 431 g/mol. The molecule has 0 radical (unpaired) electrons. The Labute approximate surface area is 186 Å². The minimum atomic E-state index is -1.05. The van der Waals surface area contributed by atoms with Gasteiger partial charge in [0.2, 0.25) is 0 Å². The van der Waals surface area contributed by atoms with Crippen molar-refractivity contribution in [1.29, 1.82) is 0 Å². The maximum absolute atomic E-state index is 12.9. The van der Waals surface area contributed by atoms with Gasteiger partial charge in [-0.15, -0.1) is 0 Å². The van der Waals surface area contributed by atoms with Crippen LogP contribution in [0.15, 0.2) is 54.6 Å². The first-order valence-electron chi connectivity index (χ1n) is 10.9. The van der Waals surface area contributed by atoms with Crippen molar-refractivity contribution in [2.45, 2.75) is 24.7 Å². The highest BCUT2D eigenvalue weighted by atomic mass is 16.6. The van der Waals surface area contributed by atoms with Crippen LogP contribution in [0.25, 0.3) is 11.1 Å². The van der Waals surface area contributed by atoms with Crippen LogP contribution in [-0.2, 0) is 11.8 Å². The lowest BCUT2D eigenvalue weighted by Gasteiger charge is -2.32. The molecule has 0 bridgehead atoms. The Kier molecular flexibility index (Phi) is 5.17. The molecule has 164 valence electrons. The Morgan fingerprint density at radius 1 is 1.09 bits per heavy atom. The molecule has 1 aliphatic heterocycles. The minimum Gasteiger partial charge on any atom is -0.476 e. The molecule has 32 heavy (non-hydrogen) atoms. The number of aryl methyl sites for hydroxylation is 1. The van der Waals surface area contributed by atoms with Gasteiger partial charge >= 0.3 is 12.1 Å². The van der Waals surface area contributed by atoms with Crippen LogP contribution in [0.3, 0.4) is 0 Å². The highest BCUT2D eigenvalue weighted by molar-refractivity contribution is 5.85. The second kappa shape index (κ2) is 8.15. The largest absolute Gasteiger partial charge is 0.476 e. The number of aromatic carboxylic acids is 1. The van der Waals surface area contributed by atoms with E-state index in [1.807, 2.05) is 24.3 Å². The summed E-state index contributed by atoms with van der Waals surface area (Å²) in [7, 11) is 1.74. The number of carboxylic acids is 1. The number of nitrogens with zero attached hydrogens (tertiary/aromatic N) is 3. The average Bonchev–Trinajstić information content (AvgIpc) is 3.36. The molecule has 1 amide bonds. The number of carbonyl (C=O) groups excluding carboxylic acids is 1. The van der Waals surface area contributed by atoms with Crippen LogP contribution in [0.1, 0.15) is 52.0 Å². The molecular formula is C25H25N3O4. The number of hydrogen-bond acceptors (Lipinski definition) is 4. The number of amides is 1. The minimum absolute atomic E-state index is 0.0285. The summed E-state index contributed by atoms with van der Waals surface area (Å²) in [6.07, 6.45) is 1.39. The third-order valence-corrected chi connectivity index (χ3v) is 6.57. The fraction of sp³-hybridized carbons (Fsp3) is 0.320. The molecule has 7 heteroatoms. The van der Waals surface area contributed by atoms with E-state index in [9.17, 15) is 14.7 Å². The fourth-order valence-corrected chi connectivity index (χ4v) is 5.04. The van der Waals surface area contributed by atoms with Gasteiger partial charge in [-0.3, -0.25) is 4.68 Å². The molecule has 1 N–H and O–H groups in total. The van der Waals surface area contributed by atoms with E-state index >= 15 is 0 Å². The molecule has 1 atom stereocenters. The number of aromatic nitrogens is 2. The zero-order valence-corrected chi connectivity index (χ0v) is 17.9. The van der Waals surface area contributed by atoms with E-state index in [-0.39, 0.29) is 23.6 Å². The van der Waals surface area contributed by atoms with Gasteiger partial charge in [0, 0.05) is 37.7 Å². The van der Waals surface area contributed by atoms with Gasteiger partial charge in [-0.2, -0.15) is 5.10 Å². The predicted octanol–water partition coefficient (Wildman–Crippen LogP) is 4.25. The lowest BCUT2D eigenvalue weighted by atomic mass is 9.94. The predicted molar refractivity (Wildman–Crippen MR) is 119 cm³/mol. The molecule has 1 aliphatic carbocycles. The normalized spacial score (nSPS) is 17.7. The zero-order valence-electron chi connectivity index (χ0n) is 17.9. The Morgan fingerprint density at radius 3 is 2.38 bits per heavy atom. The Hall–Kier alpha value is -3.61. The lowest BCUT2D eigenvalue weighted by Crippen LogP contribution is -2.40. The molecule has 7 nitrogen and oxygen atoms in total. The number of hydrogen-bond donors (Lipinski definition) is 1. The Balaban J connectivity index is 1.28. The number of benzene rings is 2. The zero-order chi connectivity index (χ0) is 22.2. The molecular weight excluding hydrogens is 406 g/mol. The van der Waals surface area contributed by atoms with Crippen LogP contribution >= 0.6 is 0 Å². The highest BCUT2D eigenvalue weighted by Gasteiger charge is 2.32. The Morgan fingerprint density at radius 2 is 1.75 bits per heavy atom. The van der Waals surface area contributed by atoms with Gasteiger partial charge in [0.05, 0.1) is 0 Å². The molecule has 2 aromatic carbocycles. The number of piperidine rings is 1. The number of carbonyl (C=O) groups is 2. The van der Waals surface area contributed by atoms with E-state index in [1.165, 1.54) is 22.3 Å². The van der Waals surface area contributed by atoms with Crippen LogP contribution in [0.2, 0.25) is 0 Å². The molecule has 1 unspecified atom stereocenters. The van der Waals surface area contributed by atoms with Crippen molar-refractivity contribution >= 4 is 12.1 Å². The summed E-state index contributed by atoms with van der Waals surface area (Å²) in [5, 5.41) is 13.3. The van der Waals surface area contributed by atoms with Crippen LogP contribution in [-0.4, -0.2) is 51.5 Å². The van der Waals surface area contributed by atoms with E-state index in [2.05, 4.69) is 29.4 Å². The van der Waals surface area contributed by atoms with Crippen LogP contribution in [0.4, 0.5) is 4.79 Å². The summed E-state index contributed by atoms with van der Waals surface area (Å²) in [6, 6.07) is 18.2. The number of ether oxygens (including phenoxy) is 1. The smallest absolute Gasteiger partial charge is 0.409 e. The van der Waals surface area contributed by atoms with Crippen LogP contribution in [0, 0.1) is 0 Å². The fourth-order valence-electron chi connectivity index (χ4n) is 5.04. The molecule has 1 aromatic heterocycles. The summed E-state index contributed by atoms with van der Waals surface area (Å²) in [6.45, 7) is 1.43. The second-order valence-corrected chi connectivity index (χ2v) is 8.47. The topological polar surface area (TPSA) is 84.7 Å². The summed E-state index contributed by atoms with van der Waals surface area (Å²) in [5.74, 6) is -0.979. The number of rotatable bonds is 4. The maximum Gasteiger partial charge on any atom is 0.409 e. The maximum atomic E-state index is 12.9. The molecule has 3 aromatic rings. The van der Waals surface area contributed by atoms with Crippen molar-refractivity contribution in [3.63, 3.8) is 0 Å². The molecule has 2 aliphatic rings. The summed E-state index contributed by atoms with van der Waals surface area (Å²) < 4.78 is 7.41. The third-order valence-electron chi connectivity index (χ3n) is 6.57. The summed E-state index contributed by atoms with van der Waals surface area (Å²) >= 11 is 0. The third kappa shape index (κ3) is 3.53. The van der Waals surface area contributed by atoms with Crippen molar-refractivity contribution < 1.29 is 19.4 Å². The SMILES string of the molecule is Cn1nc(C(=O)O)cc1C1CCCN(C(=O)OCC2c3ccccc3-c3ccccc32)C1. The summed E-state index contributed by atoms with van der Waals surface area (Å²) in [4.78, 5) is 25.9. The molecule has 0 spiro atoms. The van der Waals surface area contributed by atoms with E-state index in [0.717, 1.165) is 18.5 Å². The van der Waals surface area contributed by atoms with Crippen molar-refractivity contribution in [3.05, 3.63) is 77.1 Å². The monoisotopic (exact) mass is 431 g/mol. The standard InChI is InChI=1S/C25H25N3O4/c1-27-23(13-22(26-27)24(29)30)16-7-6-12-28(14-16)25(31)32-15-21-19-10-4-2-8-17(19)18-9-3-5-11-20(18)21/h2-5,8-11,13,16,21H,6-7,12,14-15H2,1H3,(H,29,30). The van der Waals surface area contributed by atoms with E-state index in [0.29, 0.717) is 19.7 Å². The first-order chi connectivity index (χ1) is 15.5. The van der Waals surface area contributed by atoms with E-state index in [4.69, 9.17) is 4.74 Å². The van der Waals surface area contributed by atoms with Gasteiger partial charge in [0.1, 0.15) is 6.61 Å². The van der Waals surface area contributed by atoms with Gasteiger partial charge in [-0.05, 0) is 41.2 Å². The first kappa shape index (κ1) is 20.3. The lowest BCUT2D eigenvalue weighted by molar-refractivity contribution is 0.0689. The van der Waals surface area contributed by atoms with E-state index in [1.54, 1.807) is 22.7 Å². The number of carboxylic acid groups (broad SMARTS) is 1. The van der Waals surface area contributed by atoms with Gasteiger partial charge < -0.3 is 14.7 Å². The first-order valence-corrected chi connectivity index (χ1v) is 10.9. The molecule has 1 saturated heterocycles. The van der Waals surface area contributed by atoms with Crippen molar-refractivity contribution in [2.24, 2.45) is 7.05 Å². The molecule has 0 saturated carbocycles. The molecule has 5 rings (SSSR count). The van der Waals surface area contributed by atoms with Gasteiger partial charge in [0.15, 0.2) is 5.69 Å². The second-order valence-electron chi connectivity index (χ2n) is 8.47. The Bertz CT molecular complexity index is 1140. The number of fused-ring (bicyclic) bond motifs is 3. The van der Waals surface area contributed by atoms with Gasteiger partial charge in [-0.1, -0.05) is 48.5 Å². The van der Waals surface area contributed by atoms with Gasteiger partial charge in [0.25, 0.3) is 0 Å². The highest BCUT2D eigenvalue weighted by Crippen LogP contribution is 2.44. The quantitative estimate of drug-likeness (QED) is 0.668. The van der Waals surface area contributed by atoms with Gasteiger partial charge in [-0.25, -0.2) is 9.59 Å². The van der Waals surface area contributed by atoms with Crippen molar-refractivity contribution in [3.8, 4) is 11.1 Å². The molecule has 2 heterocycles. The number of likely N-dealkylation sites (tertiary alicyclic amines) is 1. The van der Waals surface area contributed by atoms with Crippen molar-refractivity contribution in [1.82, 2.24) is 14.7 Å². The van der Waals surface area contributed by atoms with Crippen LogP contribution < -0.4 is 0 Å². The van der Waals surface area contributed by atoms with Crippen molar-refractivity contribution in [2.75, 3.05) is 19.7 Å².